The summed E-state index contributed by atoms with van der Waals surface area (Å²) in [6.07, 6.45) is -6.64. The highest BCUT2D eigenvalue weighted by Gasteiger charge is 2.68. The van der Waals surface area contributed by atoms with Crippen LogP contribution < -0.4 is 0 Å². The zero-order chi connectivity index (χ0) is 20.3. The number of ketones is 1. The minimum absolute atomic E-state index is 0.151. The molecule has 5 N–H and O–H groups in total. The van der Waals surface area contributed by atoms with Crippen molar-refractivity contribution in [3.8, 4) is 0 Å². The highest BCUT2D eigenvalue weighted by atomic mass is 16.4. The topological polar surface area (TPSA) is 125 Å². The Labute approximate surface area is 160 Å². The van der Waals surface area contributed by atoms with E-state index in [2.05, 4.69) is 37.5 Å². The smallest absolute Gasteiger partial charge is 0.150 e. The zero-order valence-electron chi connectivity index (χ0n) is 16.6. The van der Waals surface area contributed by atoms with Gasteiger partial charge in [-0.3, -0.25) is 14.6 Å². The summed E-state index contributed by atoms with van der Waals surface area (Å²) in [6.45, 7) is 9.59. The van der Waals surface area contributed by atoms with Gasteiger partial charge >= 0.3 is 0 Å². The molecule has 4 fully saturated rings. The van der Waals surface area contributed by atoms with Gasteiger partial charge in [0.05, 0.1) is 23.6 Å². The third-order valence-corrected chi connectivity index (χ3v) is 7.39. The summed E-state index contributed by atoms with van der Waals surface area (Å²) in [5.41, 5.74) is -0.990. The number of Topliss-reactive ketones (excluding diaryl/α,β-unsaturated/α-hetero) is 1. The lowest BCUT2D eigenvalue weighted by atomic mass is 9.53. The van der Waals surface area contributed by atoms with Crippen LogP contribution >= 0.6 is 0 Å². The maximum Gasteiger partial charge on any atom is 0.150 e. The van der Waals surface area contributed by atoms with Crippen LogP contribution in [-0.4, -0.2) is 104 Å². The van der Waals surface area contributed by atoms with E-state index < -0.39 is 48.0 Å². The van der Waals surface area contributed by atoms with Crippen molar-refractivity contribution in [1.82, 2.24) is 9.80 Å². The summed E-state index contributed by atoms with van der Waals surface area (Å²) in [6, 6.07) is 0. The van der Waals surface area contributed by atoms with Gasteiger partial charge in [-0.05, 0) is 11.8 Å². The van der Waals surface area contributed by atoms with Gasteiger partial charge in [0.15, 0.2) is 5.78 Å². The third kappa shape index (κ3) is 2.88. The van der Waals surface area contributed by atoms with Gasteiger partial charge in [0.25, 0.3) is 0 Å². The van der Waals surface area contributed by atoms with Gasteiger partial charge in [-0.2, -0.15) is 0 Å². The minimum atomic E-state index is -1.65. The van der Waals surface area contributed by atoms with Gasteiger partial charge in [-0.15, -0.1) is 0 Å². The van der Waals surface area contributed by atoms with Crippen LogP contribution in [0.3, 0.4) is 0 Å². The van der Waals surface area contributed by atoms with Gasteiger partial charge < -0.3 is 25.5 Å². The van der Waals surface area contributed by atoms with Gasteiger partial charge in [-0.1, -0.05) is 27.7 Å². The molecule has 27 heavy (non-hydrogen) atoms. The molecule has 0 spiro atoms. The number of piperidine rings is 2. The molecule has 4 aliphatic heterocycles. The van der Waals surface area contributed by atoms with Gasteiger partial charge in [-0.25, -0.2) is 0 Å². The molecule has 0 saturated carbocycles. The molecule has 156 valence electrons. The number of carbonyl (C=O) groups is 1. The Bertz CT molecular complexity index is 537. The summed E-state index contributed by atoms with van der Waals surface area (Å²) in [5, 5.41) is 49.8. The Balaban J connectivity index is 1.91. The molecule has 0 aromatic carbocycles. The SMILES string of the molecule is CC(C)C12CN3CC(C(C)C)(CN(C1)C3[C@H](O)[C@H](O)[C@@H](O)[C@H](O)CO)C2=O. The van der Waals surface area contributed by atoms with E-state index in [0.717, 1.165) is 0 Å². The first-order valence-electron chi connectivity index (χ1n) is 9.88. The van der Waals surface area contributed by atoms with E-state index in [1.165, 1.54) is 0 Å². The first-order valence-corrected chi connectivity index (χ1v) is 9.88. The average molecular weight is 386 g/mol. The lowest BCUT2D eigenvalue weighted by molar-refractivity contribution is -0.244. The van der Waals surface area contributed by atoms with Crippen LogP contribution in [0.2, 0.25) is 0 Å². The van der Waals surface area contributed by atoms with Gasteiger partial charge in [0.2, 0.25) is 0 Å². The molecule has 0 aromatic heterocycles. The monoisotopic (exact) mass is 386 g/mol. The zero-order valence-corrected chi connectivity index (χ0v) is 16.6. The van der Waals surface area contributed by atoms with Gasteiger partial charge in [0, 0.05) is 26.2 Å². The van der Waals surface area contributed by atoms with Crippen molar-refractivity contribution in [1.29, 1.82) is 0 Å². The van der Waals surface area contributed by atoms with Crippen molar-refractivity contribution in [2.24, 2.45) is 22.7 Å². The van der Waals surface area contributed by atoms with E-state index in [1.54, 1.807) is 0 Å². The molecule has 4 saturated heterocycles. The van der Waals surface area contributed by atoms with Gasteiger partial charge in [0.1, 0.15) is 24.4 Å². The van der Waals surface area contributed by atoms with E-state index >= 15 is 0 Å². The molecule has 0 aromatic rings. The van der Waals surface area contributed by atoms with Crippen molar-refractivity contribution in [2.45, 2.75) is 58.3 Å². The Hall–Kier alpha value is -0.610. The average Bonchev–Trinajstić information content (AvgIpc) is 2.62. The van der Waals surface area contributed by atoms with Crippen molar-refractivity contribution < 1.29 is 30.3 Å². The maximum absolute atomic E-state index is 13.5. The quantitative estimate of drug-likeness (QED) is 0.349. The number of aliphatic hydroxyl groups excluding tert-OH is 5. The number of hydrogen-bond acceptors (Lipinski definition) is 8. The number of hydrogen-bond donors (Lipinski definition) is 5. The molecular formula is C19H34N2O6. The molecule has 8 heteroatoms. The van der Waals surface area contributed by atoms with Crippen molar-refractivity contribution in [2.75, 3.05) is 32.8 Å². The van der Waals surface area contributed by atoms with E-state index in [4.69, 9.17) is 5.11 Å². The molecule has 4 rings (SSSR count). The Kier molecular flexibility index (Phi) is 5.49. The normalized spacial score (nSPS) is 42.6. The van der Waals surface area contributed by atoms with Crippen molar-refractivity contribution in [3.63, 3.8) is 0 Å². The van der Waals surface area contributed by atoms with E-state index in [-0.39, 0.29) is 11.8 Å². The number of nitrogens with zero attached hydrogens (tertiary/aromatic N) is 2. The third-order valence-electron chi connectivity index (χ3n) is 7.39. The molecule has 4 aliphatic rings. The molecule has 8 nitrogen and oxygen atoms in total. The number of rotatable bonds is 7. The predicted octanol–water partition coefficient (Wildman–Crippen LogP) is -1.75. The molecule has 4 heterocycles. The standard InChI is InChI=1S/C19H34N2O6/c1-10(2)18-6-20-8-19(11(3)4,17(18)27)9-21(7-18)16(20)15(26)14(25)13(24)12(23)5-22/h10-16,22-26H,5-9H2,1-4H3/t12-,13+,14-,15-,16?,18?,19?/m1/s1. The van der Waals surface area contributed by atoms with Crippen LogP contribution in [0, 0.1) is 22.7 Å². The molecular weight excluding hydrogens is 352 g/mol. The summed E-state index contributed by atoms with van der Waals surface area (Å²) in [7, 11) is 0. The molecule has 4 bridgehead atoms. The summed E-state index contributed by atoms with van der Waals surface area (Å²) in [4.78, 5) is 17.6. The lowest BCUT2D eigenvalue weighted by Crippen LogP contribution is -2.83. The fraction of sp³-hybridized carbons (Fsp3) is 0.947. The van der Waals surface area contributed by atoms with Crippen LogP contribution in [0.25, 0.3) is 0 Å². The van der Waals surface area contributed by atoms with Crippen LogP contribution in [0.4, 0.5) is 0 Å². The van der Waals surface area contributed by atoms with E-state index in [0.29, 0.717) is 32.0 Å². The van der Waals surface area contributed by atoms with Crippen LogP contribution in [-0.2, 0) is 4.79 Å². The molecule has 0 radical (unpaired) electrons. The second kappa shape index (κ2) is 7.02. The first kappa shape index (κ1) is 21.1. The minimum Gasteiger partial charge on any atom is -0.394 e. The molecule has 4 atom stereocenters. The molecule has 0 aliphatic carbocycles. The van der Waals surface area contributed by atoms with E-state index in [9.17, 15) is 25.2 Å². The van der Waals surface area contributed by atoms with Crippen molar-refractivity contribution in [3.05, 3.63) is 0 Å². The highest BCUT2D eigenvalue weighted by Crippen LogP contribution is 2.54. The van der Waals surface area contributed by atoms with Crippen LogP contribution in [0.5, 0.6) is 0 Å². The Morgan fingerprint density at radius 1 is 0.889 bits per heavy atom. The van der Waals surface area contributed by atoms with Crippen LogP contribution in [0.1, 0.15) is 27.7 Å². The summed E-state index contributed by atoms with van der Waals surface area (Å²) in [5.74, 6) is 0.619. The largest absolute Gasteiger partial charge is 0.394 e. The fourth-order valence-electron chi connectivity index (χ4n) is 5.45. The first-order chi connectivity index (χ1) is 12.5. The Morgan fingerprint density at radius 2 is 1.30 bits per heavy atom. The van der Waals surface area contributed by atoms with Crippen molar-refractivity contribution >= 4 is 5.78 Å². The summed E-state index contributed by atoms with van der Waals surface area (Å²) >= 11 is 0. The Morgan fingerprint density at radius 3 is 1.63 bits per heavy atom. The van der Waals surface area contributed by atoms with E-state index in [1.807, 2.05) is 0 Å². The highest BCUT2D eigenvalue weighted by molar-refractivity contribution is 5.94. The van der Waals surface area contributed by atoms with Crippen LogP contribution in [0.15, 0.2) is 0 Å². The number of carbonyl (C=O) groups excluding carboxylic acids is 1. The predicted molar refractivity (Wildman–Crippen MR) is 97.6 cm³/mol. The maximum atomic E-state index is 13.5. The molecule has 0 unspecified atom stereocenters. The second-order valence-corrected chi connectivity index (χ2v) is 9.40. The lowest BCUT2D eigenvalue weighted by Gasteiger charge is -2.69. The molecule has 0 amide bonds. The second-order valence-electron chi connectivity index (χ2n) is 9.40. The fourth-order valence-corrected chi connectivity index (χ4v) is 5.45. The summed E-state index contributed by atoms with van der Waals surface area (Å²) < 4.78 is 0. The number of aliphatic hydroxyl groups is 5.